The van der Waals surface area contributed by atoms with Crippen molar-refractivity contribution in [3.05, 3.63) is 12.3 Å². The van der Waals surface area contributed by atoms with Crippen LogP contribution in [0.2, 0.25) is 0 Å². The molecular weight excluding hydrogens is 159 g/mol. The van der Waals surface area contributed by atoms with Crippen molar-refractivity contribution in [1.29, 1.82) is 0 Å². The first-order valence-corrected chi connectivity index (χ1v) is 2.84. The summed E-state index contributed by atoms with van der Waals surface area (Å²) in [6.45, 7) is 0. The lowest BCUT2D eigenvalue weighted by molar-refractivity contribution is 0.000939. The number of aromatic nitrogens is 2. The van der Waals surface area contributed by atoms with Crippen LogP contribution in [0.5, 0.6) is 0 Å². The van der Waals surface area contributed by atoms with Crippen LogP contribution in [0, 0.1) is 0 Å². The molecule has 1 aromatic rings. The number of hydrogen-bond acceptors (Lipinski definition) is 2. The first kappa shape index (κ1) is 7.90. The predicted octanol–water partition coefficient (Wildman–Crippen LogP) is 1.20. The summed E-state index contributed by atoms with van der Waals surface area (Å²) in [5, 5.41) is 3.27. The number of rotatable bonds is 2. The molecule has 3 nitrogen and oxygen atoms in total. The van der Waals surface area contributed by atoms with Crippen LogP contribution in [0.3, 0.4) is 0 Å². The largest absolute Gasteiger partial charge is 0.382 e. The van der Waals surface area contributed by atoms with E-state index in [-0.39, 0.29) is 5.82 Å². The summed E-state index contributed by atoms with van der Waals surface area (Å²) in [5.74, 6) is 0.0216. The molecule has 0 aliphatic carbocycles. The van der Waals surface area contributed by atoms with Crippen molar-refractivity contribution in [1.82, 2.24) is 9.78 Å². The third kappa shape index (κ3) is 1.63. The number of halogens is 3. The Morgan fingerprint density at radius 3 is 2.45 bits per heavy atom. The minimum absolute atomic E-state index is 0.0216. The lowest BCUT2D eigenvalue weighted by Gasteiger charge is -2.05. The van der Waals surface area contributed by atoms with Gasteiger partial charge in [-0.25, -0.2) is 17.9 Å². The topological polar surface area (TPSA) is 43.8 Å². The van der Waals surface area contributed by atoms with E-state index in [9.17, 15) is 13.2 Å². The van der Waals surface area contributed by atoms with E-state index in [1.165, 1.54) is 6.07 Å². The van der Waals surface area contributed by atoms with Gasteiger partial charge < -0.3 is 5.73 Å². The molecule has 0 amide bonds. The van der Waals surface area contributed by atoms with Gasteiger partial charge in [0.05, 0.1) is 0 Å². The van der Waals surface area contributed by atoms with Crippen LogP contribution in [0.4, 0.5) is 19.0 Å². The summed E-state index contributed by atoms with van der Waals surface area (Å²) in [6, 6.07) is 1.25. The van der Waals surface area contributed by atoms with E-state index in [2.05, 4.69) is 5.10 Å². The number of hydrogen-bond donors (Lipinski definition) is 1. The van der Waals surface area contributed by atoms with Gasteiger partial charge in [0.2, 0.25) is 0 Å². The molecule has 0 aliphatic rings. The molecule has 0 saturated carbocycles. The maximum absolute atomic E-state index is 12.4. The Hall–Kier alpha value is -1.20. The maximum Gasteiger partial charge on any atom is 0.289 e. The van der Waals surface area contributed by atoms with Gasteiger partial charge in [0.25, 0.3) is 12.7 Å². The number of nitrogens with zero attached hydrogens (tertiary/aromatic N) is 2. The molecule has 0 fully saturated rings. The second kappa shape index (κ2) is 2.81. The Morgan fingerprint density at radius 2 is 2.09 bits per heavy atom. The fourth-order valence-electron chi connectivity index (χ4n) is 0.606. The van der Waals surface area contributed by atoms with Gasteiger partial charge in [-0.2, -0.15) is 5.10 Å². The molecule has 6 heteroatoms. The maximum atomic E-state index is 12.4. The molecule has 1 atom stereocenters. The van der Waals surface area contributed by atoms with E-state index in [1.807, 2.05) is 0 Å². The number of alkyl halides is 3. The van der Waals surface area contributed by atoms with E-state index >= 15 is 0 Å². The SMILES string of the molecule is Nc1ccn(C(F)C(F)F)n1. The van der Waals surface area contributed by atoms with Crippen molar-refractivity contribution in [2.75, 3.05) is 5.73 Å². The van der Waals surface area contributed by atoms with Crippen molar-refractivity contribution >= 4 is 5.82 Å². The average molecular weight is 165 g/mol. The molecule has 0 saturated heterocycles. The smallest absolute Gasteiger partial charge is 0.289 e. The zero-order chi connectivity index (χ0) is 8.43. The summed E-state index contributed by atoms with van der Waals surface area (Å²) in [4.78, 5) is 0. The summed E-state index contributed by atoms with van der Waals surface area (Å²) in [6.07, 6.45) is -4.42. The molecule has 1 unspecified atom stereocenters. The Labute approximate surface area is 60.6 Å². The van der Waals surface area contributed by atoms with Crippen LogP contribution in [0.15, 0.2) is 12.3 Å². The van der Waals surface area contributed by atoms with Gasteiger partial charge in [0.1, 0.15) is 5.82 Å². The van der Waals surface area contributed by atoms with Crippen LogP contribution in [0.1, 0.15) is 6.30 Å². The predicted molar refractivity (Wildman–Crippen MR) is 32.8 cm³/mol. The van der Waals surface area contributed by atoms with Crippen molar-refractivity contribution in [3.8, 4) is 0 Å². The fraction of sp³-hybridized carbons (Fsp3) is 0.400. The zero-order valence-electron chi connectivity index (χ0n) is 5.42. The molecule has 11 heavy (non-hydrogen) atoms. The lowest BCUT2D eigenvalue weighted by atomic mass is 10.6. The minimum atomic E-state index is -3.07. The first-order valence-electron chi connectivity index (χ1n) is 2.84. The molecule has 1 rings (SSSR count). The Balaban J connectivity index is 2.76. The van der Waals surface area contributed by atoms with Gasteiger partial charge in [-0.1, -0.05) is 0 Å². The highest BCUT2D eigenvalue weighted by Gasteiger charge is 2.21. The first-order chi connectivity index (χ1) is 5.11. The van der Waals surface area contributed by atoms with Crippen LogP contribution < -0.4 is 5.73 Å². The second-order valence-electron chi connectivity index (χ2n) is 1.93. The average Bonchev–Trinajstić information content (AvgIpc) is 2.34. The Bertz CT molecular complexity index is 235. The van der Waals surface area contributed by atoms with Gasteiger partial charge in [-0.05, 0) is 0 Å². The van der Waals surface area contributed by atoms with Gasteiger partial charge in [-0.15, -0.1) is 0 Å². The summed E-state index contributed by atoms with van der Waals surface area (Å²) < 4.78 is 36.1. The van der Waals surface area contributed by atoms with Crippen LogP contribution in [-0.2, 0) is 0 Å². The summed E-state index contributed by atoms with van der Waals surface area (Å²) in [7, 11) is 0. The summed E-state index contributed by atoms with van der Waals surface area (Å²) >= 11 is 0. The lowest BCUT2D eigenvalue weighted by Crippen LogP contribution is -2.12. The van der Waals surface area contributed by atoms with Crippen LogP contribution >= 0.6 is 0 Å². The van der Waals surface area contributed by atoms with Crippen molar-refractivity contribution < 1.29 is 13.2 Å². The monoisotopic (exact) mass is 165 g/mol. The van der Waals surface area contributed by atoms with E-state index in [4.69, 9.17) is 5.73 Å². The molecule has 1 heterocycles. The molecule has 0 bridgehead atoms. The highest BCUT2D eigenvalue weighted by molar-refractivity contribution is 5.23. The summed E-state index contributed by atoms with van der Waals surface area (Å²) in [5.41, 5.74) is 5.07. The van der Waals surface area contributed by atoms with Gasteiger partial charge in [0.15, 0.2) is 0 Å². The molecule has 0 aromatic carbocycles. The van der Waals surface area contributed by atoms with Crippen molar-refractivity contribution in [2.45, 2.75) is 12.7 Å². The normalized spacial score (nSPS) is 13.8. The number of nitrogen functional groups attached to an aromatic ring is 1. The molecule has 1 aromatic heterocycles. The molecule has 0 spiro atoms. The quantitative estimate of drug-likeness (QED) is 0.715. The van der Waals surface area contributed by atoms with E-state index < -0.39 is 12.7 Å². The van der Waals surface area contributed by atoms with Gasteiger partial charge in [-0.3, -0.25) is 0 Å². The van der Waals surface area contributed by atoms with E-state index in [0.717, 1.165) is 6.20 Å². The van der Waals surface area contributed by atoms with E-state index in [0.29, 0.717) is 4.68 Å². The van der Waals surface area contributed by atoms with Gasteiger partial charge in [0, 0.05) is 12.3 Å². The highest BCUT2D eigenvalue weighted by atomic mass is 19.3. The van der Waals surface area contributed by atoms with Crippen LogP contribution in [-0.4, -0.2) is 16.2 Å². The van der Waals surface area contributed by atoms with Crippen LogP contribution in [0.25, 0.3) is 0 Å². The molecular formula is C5H6F3N3. The second-order valence-corrected chi connectivity index (χ2v) is 1.93. The highest BCUT2D eigenvalue weighted by Crippen LogP contribution is 2.17. The molecule has 0 aliphatic heterocycles. The molecule has 0 radical (unpaired) electrons. The van der Waals surface area contributed by atoms with Crippen molar-refractivity contribution in [3.63, 3.8) is 0 Å². The number of anilines is 1. The van der Waals surface area contributed by atoms with Gasteiger partial charge >= 0.3 is 0 Å². The fourth-order valence-corrected chi connectivity index (χ4v) is 0.606. The van der Waals surface area contributed by atoms with Crippen molar-refractivity contribution in [2.24, 2.45) is 0 Å². The third-order valence-electron chi connectivity index (χ3n) is 1.09. The Morgan fingerprint density at radius 1 is 1.45 bits per heavy atom. The van der Waals surface area contributed by atoms with E-state index in [1.54, 1.807) is 0 Å². The molecule has 2 N–H and O–H groups in total. The number of nitrogens with two attached hydrogens (primary N) is 1. The minimum Gasteiger partial charge on any atom is -0.382 e. The standard InChI is InChI=1S/C5H6F3N3/c6-4(7)5(8)11-2-1-3(9)10-11/h1-2,4-5H,(H2,9,10). The Kier molecular flexibility index (Phi) is 2.02. The third-order valence-corrected chi connectivity index (χ3v) is 1.09. The molecule has 62 valence electrons. The zero-order valence-corrected chi connectivity index (χ0v) is 5.42.